The Morgan fingerprint density at radius 1 is 1.21 bits per heavy atom. The molecule has 1 saturated heterocycles. The highest BCUT2D eigenvalue weighted by molar-refractivity contribution is 5.95. The first-order chi connectivity index (χ1) is 11.7. The van der Waals surface area contributed by atoms with Crippen molar-refractivity contribution in [2.45, 2.75) is 25.2 Å². The molecule has 1 aliphatic heterocycles. The van der Waals surface area contributed by atoms with Crippen LogP contribution in [0.4, 0.5) is 5.82 Å². The summed E-state index contributed by atoms with van der Waals surface area (Å²) in [5, 5.41) is 12.5. The van der Waals surface area contributed by atoms with Gasteiger partial charge in [-0.3, -0.25) is 9.48 Å². The fraction of sp³-hybridized carbons (Fsp3) is 0.529. The Morgan fingerprint density at radius 3 is 2.83 bits per heavy atom. The summed E-state index contributed by atoms with van der Waals surface area (Å²) in [6, 6.07) is 3.87. The topological polar surface area (TPSA) is 67.2 Å². The molecule has 0 N–H and O–H groups in total. The molecule has 2 aliphatic rings. The monoisotopic (exact) mass is 326 g/mol. The Labute approximate surface area is 141 Å². The first-order valence-corrected chi connectivity index (χ1v) is 8.58. The van der Waals surface area contributed by atoms with Gasteiger partial charge in [0.25, 0.3) is 5.91 Å². The van der Waals surface area contributed by atoms with Crippen LogP contribution >= 0.6 is 0 Å². The lowest BCUT2D eigenvalue weighted by molar-refractivity contribution is 0.0765. The maximum Gasteiger partial charge on any atom is 0.257 e. The molecule has 126 valence electrons. The predicted molar refractivity (Wildman–Crippen MR) is 89.9 cm³/mol. The van der Waals surface area contributed by atoms with E-state index in [4.69, 9.17) is 0 Å². The van der Waals surface area contributed by atoms with Crippen LogP contribution in [0.2, 0.25) is 0 Å². The van der Waals surface area contributed by atoms with Crippen LogP contribution in [0.3, 0.4) is 0 Å². The van der Waals surface area contributed by atoms with Crippen molar-refractivity contribution in [1.82, 2.24) is 24.9 Å². The van der Waals surface area contributed by atoms with Crippen LogP contribution in [0.25, 0.3) is 0 Å². The largest absolute Gasteiger partial charge is 0.353 e. The van der Waals surface area contributed by atoms with Gasteiger partial charge in [0.2, 0.25) is 0 Å². The van der Waals surface area contributed by atoms with E-state index >= 15 is 0 Å². The maximum absolute atomic E-state index is 13.0. The highest BCUT2D eigenvalue weighted by Gasteiger charge is 2.33. The van der Waals surface area contributed by atoms with Crippen molar-refractivity contribution in [2.75, 3.05) is 31.1 Å². The van der Waals surface area contributed by atoms with E-state index in [9.17, 15) is 4.79 Å². The molecular weight excluding hydrogens is 304 g/mol. The van der Waals surface area contributed by atoms with E-state index in [1.165, 1.54) is 12.8 Å². The van der Waals surface area contributed by atoms with E-state index in [0.29, 0.717) is 12.5 Å². The summed E-state index contributed by atoms with van der Waals surface area (Å²) in [6.45, 7) is 3.15. The summed E-state index contributed by atoms with van der Waals surface area (Å²) in [5.74, 6) is 1.51. The molecule has 4 rings (SSSR count). The number of rotatable bonds is 3. The summed E-state index contributed by atoms with van der Waals surface area (Å²) in [7, 11) is 1.93. The molecule has 2 aromatic heterocycles. The summed E-state index contributed by atoms with van der Waals surface area (Å²) in [4.78, 5) is 17.1. The number of amides is 1. The molecule has 1 aliphatic carbocycles. The third-order valence-electron chi connectivity index (χ3n) is 4.84. The number of anilines is 1. The number of carbonyl (C=O) groups is 1. The van der Waals surface area contributed by atoms with E-state index < -0.39 is 0 Å². The molecule has 2 fully saturated rings. The molecular formula is C17H22N6O. The summed E-state index contributed by atoms with van der Waals surface area (Å²) < 4.78 is 1.87. The molecule has 0 spiro atoms. The number of aromatic nitrogens is 4. The Balaban J connectivity index is 1.48. The van der Waals surface area contributed by atoms with Crippen molar-refractivity contribution >= 4 is 11.7 Å². The molecule has 0 aromatic carbocycles. The van der Waals surface area contributed by atoms with Crippen molar-refractivity contribution < 1.29 is 4.79 Å². The highest BCUT2D eigenvalue weighted by Crippen LogP contribution is 2.41. The molecule has 0 bridgehead atoms. The average Bonchev–Trinajstić information content (AvgIpc) is 3.41. The quantitative estimate of drug-likeness (QED) is 0.854. The van der Waals surface area contributed by atoms with Gasteiger partial charge < -0.3 is 9.80 Å². The van der Waals surface area contributed by atoms with Crippen LogP contribution < -0.4 is 4.90 Å². The molecule has 1 amide bonds. The highest BCUT2D eigenvalue weighted by atomic mass is 16.2. The molecule has 2 aromatic rings. The molecule has 3 heterocycles. The predicted octanol–water partition coefficient (Wildman–Crippen LogP) is 1.44. The van der Waals surface area contributed by atoms with Gasteiger partial charge in [-0.1, -0.05) is 0 Å². The van der Waals surface area contributed by atoms with Crippen molar-refractivity contribution in [1.29, 1.82) is 0 Å². The second-order valence-corrected chi connectivity index (χ2v) is 6.56. The Bertz CT molecular complexity index is 724. The molecule has 0 unspecified atom stereocenters. The SMILES string of the molecule is Cn1ncc(C(=O)N2CCCN(c3cccnn3)CC2)c1C1CC1. The zero-order chi connectivity index (χ0) is 16.5. The van der Waals surface area contributed by atoms with Crippen molar-refractivity contribution in [3.8, 4) is 0 Å². The lowest BCUT2D eigenvalue weighted by Gasteiger charge is -2.22. The Morgan fingerprint density at radius 2 is 2.08 bits per heavy atom. The maximum atomic E-state index is 13.0. The minimum atomic E-state index is 0.117. The van der Waals surface area contributed by atoms with Crippen LogP contribution in [0.5, 0.6) is 0 Å². The molecule has 0 radical (unpaired) electrons. The van der Waals surface area contributed by atoms with Crippen molar-refractivity contribution in [2.24, 2.45) is 7.05 Å². The fourth-order valence-corrected chi connectivity index (χ4v) is 3.43. The fourth-order valence-electron chi connectivity index (χ4n) is 3.43. The standard InChI is InChI=1S/C17H22N6O/c1-21-16(13-5-6-13)14(12-19-21)17(24)23-9-3-8-22(10-11-23)15-4-2-7-18-20-15/h2,4,7,12-13H,3,5-6,8-11H2,1H3. The minimum Gasteiger partial charge on any atom is -0.353 e. The van der Waals surface area contributed by atoms with Crippen molar-refractivity contribution in [3.05, 3.63) is 35.8 Å². The van der Waals surface area contributed by atoms with Gasteiger partial charge in [0.1, 0.15) is 0 Å². The molecule has 0 atom stereocenters. The van der Waals surface area contributed by atoms with Gasteiger partial charge in [0.15, 0.2) is 5.82 Å². The zero-order valence-electron chi connectivity index (χ0n) is 13.9. The van der Waals surface area contributed by atoms with Crippen LogP contribution in [0.1, 0.15) is 41.2 Å². The summed E-state index contributed by atoms with van der Waals surface area (Å²) in [6.07, 6.45) is 6.68. The first kappa shape index (κ1) is 15.1. The lowest BCUT2D eigenvalue weighted by atomic mass is 10.1. The second kappa shape index (κ2) is 6.22. The van der Waals surface area contributed by atoms with E-state index in [1.807, 2.05) is 28.8 Å². The minimum absolute atomic E-state index is 0.117. The van der Waals surface area contributed by atoms with E-state index in [1.54, 1.807) is 12.4 Å². The molecule has 7 nitrogen and oxygen atoms in total. The van der Waals surface area contributed by atoms with Gasteiger partial charge in [-0.05, 0) is 31.4 Å². The number of hydrogen-bond donors (Lipinski definition) is 0. The lowest BCUT2D eigenvalue weighted by Crippen LogP contribution is -2.35. The molecule has 24 heavy (non-hydrogen) atoms. The van der Waals surface area contributed by atoms with Crippen LogP contribution in [-0.4, -0.2) is 57.0 Å². The molecule has 1 saturated carbocycles. The normalized spacial score (nSPS) is 18.5. The van der Waals surface area contributed by atoms with E-state index in [0.717, 1.165) is 43.1 Å². The third-order valence-corrected chi connectivity index (χ3v) is 4.84. The number of nitrogens with zero attached hydrogens (tertiary/aromatic N) is 6. The number of carbonyl (C=O) groups excluding carboxylic acids is 1. The Kier molecular flexibility index (Phi) is 3.92. The van der Waals surface area contributed by atoms with Gasteiger partial charge in [-0.15, -0.1) is 5.10 Å². The number of aryl methyl sites for hydroxylation is 1. The average molecular weight is 326 g/mol. The second-order valence-electron chi connectivity index (χ2n) is 6.56. The van der Waals surface area contributed by atoms with Crippen molar-refractivity contribution in [3.63, 3.8) is 0 Å². The van der Waals surface area contributed by atoms with Gasteiger partial charge in [-0.2, -0.15) is 10.2 Å². The van der Waals surface area contributed by atoms with Crippen LogP contribution in [-0.2, 0) is 7.05 Å². The number of hydrogen-bond acceptors (Lipinski definition) is 5. The van der Waals surface area contributed by atoms with Gasteiger partial charge in [0, 0.05) is 45.3 Å². The first-order valence-electron chi connectivity index (χ1n) is 8.58. The van der Waals surface area contributed by atoms with Gasteiger partial charge in [-0.25, -0.2) is 0 Å². The van der Waals surface area contributed by atoms with Gasteiger partial charge >= 0.3 is 0 Å². The Hall–Kier alpha value is -2.44. The van der Waals surface area contributed by atoms with Crippen LogP contribution in [0, 0.1) is 0 Å². The summed E-state index contributed by atoms with van der Waals surface area (Å²) >= 11 is 0. The molecule has 7 heteroatoms. The third kappa shape index (κ3) is 2.86. The zero-order valence-corrected chi connectivity index (χ0v) is 13.9. The van der Waals surface area contributed by atoms with E-state index in [2.05, 4.69) is 20.2 Å². The van der Waals surface area contributed by atoms with Crippen LogP contribution in [0.15, 0.2) is 24.5 Å². The smallest absolute Gasteiger partial charge is 0.257 e. The van der Waals surface area contributed by atoms with Gasteiger partial charge in [0.05, 0.1) is 17.5 Å². The summed E-state index contributed by atoms with van der Waals surface area (Å²) in [5.41, 5.74) is 1.89. The van der Waals surface area contributed by atoms with E-state index in [-0.39, 0.29) is 5.91 Å².